The van der Waals surface area contributed by atoms with Crippen LogP contribution in [-0.2, 0) is 0 Å². The average molecular weight is 418 g/mol. The Labute approximate surface area is 170 Å². The van der Waals surface area contributed by atoms with Crippen LogP contribution in [0, 0.1) is 6.92 Å². The molecule has 1 aliphatic heterocycles. The van der Waals surface area contributed by atoms with E-state index in [1.807, 2.05) is 25.1 Å². The van der Waals surface area contributed by atoms with Crippen LogP contribution in [0.5, 0.6) is 17.2 Å². The van der Waals surface area contributed by atoms with Gasteiger partial charge >= 0.3 is 0 Å². The molecule has 0 saturated carbocycles. The summed E-state index contributed by atoms with van der Waals surface area (Å²) in [5, 5.41) is 8.81. The molecule has 1 amide bonds. The molecule has 1 aromatic heterocycles. The van der Waals surface area contributed by atoms with Crippen molar-refractivity contribution in [3.05, 3.63) is 52.0 Å². The minimum atomic E-state index is -0.338. The monoisotopic (exact) mass is 417 g/mol. The maximum absolute atomic E-state index is 12.6. The molecule has 7 nitrogen and oxygen atoms in total. The number of methoxy groups -OCH3 is 1. The molecule has 0 saturated heterocycles. The summed E-state index contributed by atoms with van der Waals surface area (Å²) in [6, 6.07) is 8.93. The number of carbonyl (C=O) groups excluding carboxylic acids is 1. The van der Waals surface area contributed by atoms with E-state index in [0.29, 0.717) is 38.8 Å². The molecule has 0 bridgehead atoms. The van der Waals surface area contributed by atoms with Crippen LogP contribution in [-0.4, -0.2) is 24.8 Å². The van der Waals surface area contributed by atoms with E-state index in [4.69, 9.17) is 25.8 Å². The molecule has 0 spiro atoms. The summed E-state index contributed by atoms with van der Waals surface area (Å²) in [7, 11) is 1.52. The molecule has 0 radical (unpaired) electrons. The number of aryl methyl sites for hydroxylation is 1. The number of halogens is 1. The lowest BCUT2D eigenvalue weighted by Crippen LogP contribution is -2.13. The smallest absolute Gasteiger partial charge is 0.275 e. The largest absolute Gasteiger partial charge is 0.495 e. The maximum Gasteiger partial charge on any atom is 0.275 e. The Kier molecular flexibility index (Phi) is 4.97. The molecule has 0 unspecified atom stereocenters. The van der Waals surface area contributed by atoms with Gasteiger partial charge in [-0.05, 0) is 30.7 Å². The van der Waals surface area contributed by atoms with Gasteiger partial charge in [0, 0.05) is 28.2 Å². The predicted octanol–water partition coefficient (Wildman–Crippen LogP) is 4.84. The van der Waals surface area contributed by atoms with Crippen LogP contribution in [0.3, 0.4) is 0 Å². The highest BCUT2D eigenvalue weighted by molar-refractivity contribution is 7.14. The van der Waals surface area contributed by atoms with Crippen molar-refractivity contribution in [3.63, 3.8) is 0 Å². The third-order valence-corrected chi connectivity index (χ3v) is 5.25. The molecule has 28 heavy (non-hydrogen) atoms. The molecule has 2 heterocycles. The summed E-state index contributed by atoms with van der Waals surface area (Å²) in [5.41, 5.74) is 2.46. The number of rotatable bonds is 5. The second-order valence-corrected chi connectivity index (χ2v) is 7.25. The summed E-state index contributed by atoms with van der Waals surface area (Å²) in [6.07, 6.45) is 0. The Morgan fingerprint density at radius 1 is 1.25 bits per heavy atom. The van der Waals surface area contributed by atoms with Gasteiger partial charge in [-0.15, -0.1) is 11.3 Å². The first kappa shape index (κ1) is 18.4. The van der Waals surface area contributed by atoms with Crippen LogP contribution in [0.25, 0.3) is 0 Å². The van der Waals surface area contributed by atoms with Crippen LogP contribution in [0.2, 0.25) is 5.02 Å². The first-order chi connectivity index (χ1) is 13.5. The Morgan fingerprint density at radius 3 is 2.89 bits per heavy atom. The summed E-state index contributed by atoms with van der Waals surface area (Å²) >= 11 is 7.43. The number of thiazole rings is 1. The Hall–Kier alpha value is -2.97. The fourth-order valence-electron chi connectivity index (χ4n) is 2.65. The molecular formula is C19H16ClN3O4S. The van der Waals surface area contributed by atoms with Crippen LogP contribution in [0.4, 0.5) is 16.5 Å². The topological polar surface area (TPSA) is 81.7 Å². The Balaban J connectivity index is 1.48. The van der Waals surface area contributed by atoms with E-state index in [9.17, 15) is 4.79 Å². The SMILES string of the molecule is COc1cc(Cl)c(C)cc1NC(=O)c1csc(Nc2ccc3c(c2)OCO3)n1. The first-order valence-electron chi connectivity index (χ1n) is 8.31. The lowest BCUT2D eigenvalue weighted by atomic mass is 10.2. The summed E-state index contributed by atoms with van der Waals surface area (Å²) < 4.78 is 15.9. The fraction of sp³-hybridized carbons (Fsp3) is 0.158. The lowest BCUT2D eigenvalue weighted by molar-refractivity contribution is 0.102. The first-order valence-corrected chi connectivity index (χ1v) is 9.57. The highest BCUT2D eigenvalue weighted by Crippen LogP contribution is 2.35. The fourth-order valence-corrected chi connectivity index (χ4v) is 3.51. The van der Waals surface area contributed by atoms with Crippen molar-refractivity contribution in [2.24, 2.45) is 0 Å². The van der Waals surface area contributed by atoms with E-state index >= 15 is 0 Å². The number of fused-ring (bicyclic) bond motifs is 1. The van der Waals surface area contributed by atoms with Gasteiger partial charge in [0.2, 0.25) is 6.79 Å². The zero-order valence-electron chi connectivity index (χ0n) is 15.0. The van der Waals surface area contributed by atoms with E-state index in [2.05, 4.69) is 15.6 Å². The molecule has 2 aromatic carbocycles. The van der Waals surface area contributed by atoms with Crippen LogP contribution in [0.15, 0.2) is 35.7 Å². The van der Waals surface area contributed by atoms with E-state index in [-0.39, 0.29) is 12.7 Å². The molecule has 0 atom stereocenters. The third-order valence-electron chi connectivity index (χ3n) is 4.09. The van der Waals surface area contributed by atoms with Gasteiger partial charge in [-0.3, -0.25) is 4.79 Å². The normalized spacial score (nSPS) is 12.0. The number of hydrogen-bond acceptors (Lipinski definition) is 7. The predicted molar refractivity (Wildman–Crippen MR) is 109 cm³/mol. The zero-order chi connectivity index (χ0) is 19.7. The molecule has 0 aliphatic carbocycles. The van der Waals surface area contributed by atoms with Crippen molar-refractivity contribution in [2.75, 3.05) is 24.5 Å². The molecule has 4 rings (SSSR count). The van der Waals surface area contributed by atoms with Crippen LogP contribution < -0.4 is 24.8 Å². The average Bonchev–Trinajstić information content (AvgIpc) is 3.33. The van der Waals surface area contributed by atoms with Crippen molar-refractivity contribution >= 4 is 45.4 Å². The molecule has 2 N–H and O–H groups in total. The maximum atomic E-state index is 12.6. The number of hydrogen-bond donors (Lipinski definition) is 2. The summed E-state index contributed by atoms with van der Waals surface area (Å²) in [4.78, 5) is 16.9. The molecule has 0 fully saturated rings. The third kappa shape index (κ3) is 3.69. The number of amides is 1. The van der Waals surface area contributed by atoms with Gasteiger partial charge in [0.25, 0.3) is 5.91 Å². The highest BCUT2D eigenvalue weighted by Gasteiger charge is 2.16. The van der Waals surface area contributed by atoms with Crippen molar-refractivity contribution in [1.82, 2.24) is 4.98 Å². The van der Waals surface area contributed by atoms with E-state index in [1.54, 1.807) is 17.5 Å². The van der Waals surface area contributed by atoms with Gasteiger partial charge in [0.15, 0.2) is 16.6 Å². The summed E-state index contributed by atoms with van der Waals surface area (Å²) in [6.45, 7) is 2.07. The van der Waals surface area contributed by atoms with Crippen molar-refractivity contribution in [3.8, 4) is 17.2 Å². The zero-order valence-corrected chi connectivity index (χ0v) is 16.6. The molecule has 144 valence electrons. The van der Waals surface area contributed by atoms with E-state index < -0.39 is 0 Å². The highest BCUT2D eigenvalue weighted by atomic mass is 35.5. The van der Waals surface area contributed by atoms with Crippen molar-refractivity contribution < 1.29 is 19.0 Å². The van der Waals surface area contributed by atoms with Crippen LogP contribution >= 0.6 is 22.9 Å². The molecule has 9 heteroatoms. The molecular weight excluding hydrogens is 402 g/mol. The number of nitrogens with one attached hydrogen (secondary N) is 2. The van der Waals surface area contributed by atoms with Crippen molar-refractivity contribution in [1.29, 1.82) is 0 Å². The van der Waals surface area contributed by atoms with Gasteiger partial charge < -0.3 is 24.8 Å². The number of carbonyl (C=O) groups is 1. The lowest BCUT2D eigenvalue weighted by Gasteiger charge is -2.11. The number of nitrogens with zero attached hydrogens (tertiary/aromatic N) is 1. The van der Waals surface area contributed by atoms with Gasteiger partial charge in [-0.2, -0.15) is 0 Å². The molecule has 3 aromatic rings. The minimum absolute atomic E-state index is 0.216. The number of benzene rings is 2. The van der Waals surface area contributed by atoms with Crippen molar-refractivity contribution in [2.45, 2.75) is 6.92 Å². The van der Waals surface area contributed by atoms with Gasteiger partial charge in [0.05, 0.1) is 12.8 Å². The van der Waals surface area contributed by atoms with Gasteiger partial charge in [-0.1, -0.05) is 11.6 Å². The Bertz CT molecular complexity index is 1050. The quantitative estimate of drug-likeness (QED) is 0.618. The minimum Gasteiger partial charge on any atom is -0.495 e. The van der Waals surface area contributed by atoms with Gasteiger partial charge in [-0.25, -0.2) is 4.98 Å². The number of anilines is 3. The van der Waals surface area contributed by atoms with E-state index in [1.165, 1.54) is 18.4 Å². The van der Waals surface area contributed by atoms with E-state index in [0.717, 1.165) is 11.3 Å². The second kappa shape index (κ2) is 7.57. The Morgan fingerprint density at radius 2 is 2.07 bits per heavy atom. The van der Waals surface area contributed by atoms with Gasteiger partial charge in [0.1, 0.15) is 11.4 Å². The van der Waals surface area contributed by atoms with Crippen LogP contribution in [0.1, 0.15) is 16.1 Å². The second-order valence-electron chi connectivity index (χ2n) is 5.99. The summed E-state index contributed by atoms with van der Waals surface area (Å²) in [5.74, 6) is 1.52. The standard InChI is InChI=1S/C19H16ClN3O4S/c1-10-5-13(16(25-2)7-12(10)20)22-18(24)14-8-28-19(23-14)21-11-3-4-15-17(6-11)27-9-26-15/h3-8H,9H2,1-2H3,(H,21,23)(H,22,24). The molecule has 1 aliphatic rings. The number of aromatic nitrogens is 1. The number of ether oxygens (including phenoxy) is 3.